The van der Waals surface area contributed by atoms with Gasteiger partial charge in [0.1, 0.15) is 12.1 Å². The van der Waals surface area contributed by atoms with Gasteiger partial charge in [-0.2, -0.15) is 0 Å². The number of likely N-dealkylation sites (N-methyl/N-ethyl adjacent to an activating group) is 1. The van der Waals surface area contributed by atoms with E-state index in [-0.39, 0.29) is 30.7 Å². The number of nitrogens with one attached hydrogen (secondary N) is 2. The molecule has 2 aliphatic rings. The lowest BCUT2D eigenvalue weighted by Crippen LogP contribution is -2.53. The number of urea groups is 1. The summed E-state index contributed by atoms with van der Waals surface area (Å²) in [6, 6.07) is 6.71. The molecule has 162 valence electrons. The van der Waals surface area contributed by atoms with Crippen molar-refractivity contribution in [3.63, 3.8) is 0 Å². The molecule has 31 heavy (non-hydrogen) atoms. The summed E-state index contributed by atoms with van der Waals surface area (Å²) in [4.78, 5) is 50.2. The normalized spacial score (nSPS) is 20.5. The van der Waals surface area contributed by atoms with Crippen LogP contribution in [0.15, 0.2) is 36.0 Å². The molecule has 2 N–H and O–H groups in total. The summed E-state index contributed by atoms with van der Waals surface area (Å²) in [5.41, 5.74) is 1.30. The maximum absolute atomic E-state index is 12.6. The SMILES string of the molecule is CCN1C(=O)NC(=O)/C(=C\c2cn(CC(=O)NCC3CCCO3)c3ccccc23)C1=O. The summed E-state index contributed by atoms with van der Waals surface area (Å²) >= 11 is 0. The topological polar surface area (TPSA) is 110 Å². The van der Waals surface area contributed by atoms with Gasteiger partial charge in [0.25, 0.3) is 11.8 Å². The monoisotopic (exact) mass is 424 g/mol. The third-order valence-corrected chi connectivity index (χ3v) is 5.49. The third kappa shape index (κ3) is 4.22. The summed E-state index contributed by atoms with van der Waals surface area (Å²) in [6.07, 6.45) is 5.21. The standard InChI is InChI=1S/C22H24N4O5/c1-2-26-21(29)17(20(28)24-22(26)30)10-14-12-25(18-8-4-3-7-16(14)18)13-19(27)23-11-15-6-5-9-31-15/h3-4,7-8,10,12,15H,2,5-6,9,11,13H2,1H3,(H,23,27)(H,24,28,30)/b17-10+. The van der Waals surface area contributed by atoms with Gasteiger partial charge in [-0.05, 0) is 31.9 Å². The van der Waals surface area contributed by atoms with E-state index in [2.05, 4.69) is 10.6 Å². The van der Waals surface area contributed by atoms with Gasteiger partial charge < -0.3 is 14.6 Å². The first kappa shape index (κ1) is 20.8. The number of hydrogen-bond donors (Lipinski definition) is 2. The van der Waals surface area contributed by atoms with E-state index in [0.29, 0.717) is 12.1 Å². The number of hydrogen-bond acceptors (Lipinski definition) is 5. The highest BCUT2D eigenvalue weighted by atomic mass is 16.5. The molecule has 5 amide bonds. The molecule has 0 radical (unpaired) electrons. The Morgan fingerprint density at radius 2 is 2.10 bits per heavy atom. The maximum atomic E-state index is 12.6. The second-order valence-corrected chi connectivity index (χ2v) is 7.54. The van der Waals surface area contributed by atoms with Gasteiger partial charge in [-0.3, -0.25) is 24.6 Å². The van der Waals surface area contributed by atoms with Crippen LogP contribution >= 0.6 is 0 Å². The number of barbiturate groups is 1. The summed E-state index contributed by atoms with van der Waals surface area (Å²) in [6.45, 7) is 3.11. The molecule has 1 aromatic carbocycles. The van der Waals surface area contributed by atoms with Gasteiger partial charge >= 0.3 is 6.03 Å². The van der Waals surface area contributed by atoms with Gasteiger partial charge in [-0.1, -0.05) is 18.2 Å². The van der Waals surface area contributed by atoms with E-state index in [9.17, 15) is 19.2 Å². The molecular weight excluding hydrogens is 400 g/mol. The Bertz CT molecular complexity index is 1080. The van der Waals surface area contributed by atoms with E-state index >= 15 is 0 Å². The van der Waals surface area contributed by atoms with E-state index in [0.717, 1.165) is 35.3 Å². The Kier molecular flexibility index (Phi) is 5.85. The number of carbonyl (C=O) groups is 4. The summed E-state index contributed by atoms with van der Waals surface area (Å²) in [5.74, 6) is -1.52. The molecule has 2 aliphatic heterocycles. The molecule has 4 rings (SSSR count). The van der Waals surface area contributed by atoms with Crippen LogP contribution in [0.4, 0.5) is 4.79 Å². The minimum absolute atomic E-state index is 0.0608. The minimum Gasteiger partial charge on any atom is -0.376 e. The first-order chi connectivity index (χ1) is 15.0. The van der Waals surface area contributed by atoms with Crippen molar-refractivity contribution in [3.05, 3.63) is 41.6 Å². The quantitative estimate of drug-likeness (QED) is 0.538. The van der Waals surface area contributed by atoms with Gasteiger partial charge in [0.05, 0.1) is 6.10 Å². The van der Waals surface area contributed by atoms with Crippen molar-refractivity contribution in [1.82, 2.24) is 20.1 Å². The molecule has 1 unspecified atom stereocenters. The van der Waals surface area contributed by atoms with E-state index in [1.165, 1.54) is 6.08 Å². The van der Waals surface area contributed by atoms with Crippen LogP contribution in [-0.4, -0.2) is 59.0 Å². The van der Waals surface area contributed by atoms with Gasteiger partial charge in [0, 0.05) is 42.4 Å². The number of rotatable bonds is 6. The number of carbonyl (C=O) groups excluding carboxylic acids is 4. The van der Waals surface area contributed by atoms with Crippen LogP contribution in [0.2, 0.25) is 0 Å². The molecule has 2 fully saturated rings. The average molecular weight is 424 g/mol. The van der Waals surface area contributed by atoms with Crippen molar-refractivity contribution in [1.29, 1.82) is 0 Å². The molecule has 0 saturated carbocycles. The zero-order valence-electron chi connectivity index (χ0n) is 17.2. The highest BCUT2D eigenvalue weighted by Crippen LogP contribution is 2.25. The van der Waals surface area contributed by atoms with Crippen molar-refractivity contribution < 1.29 is 23.9 Å². The number of para-hydroxylation sites is 1. The number of imide groups is 2. The first-order valence-electron chi connectivity index (χ1n) is 10.3. The molecule has 1 atom stereocenters. The van der Waals surface area contributed by atoms with Crippen molar-refractivity contribution in [2.24, 2.45) is 0 Å². The Hall–Kier alpha value is -3.46. The molecule has 0 aliphatic carbocycles. The minimum atomic E-state index is -0.731. The molecule has 1 aromatic heterocycles. The van der Waals surface area contributed by atoms with Gasteiger partial charge in [-0.15, -0.1) is 0 Å². The number of benzene rings is 1. The Morgan fingerprint density at radius 1 is 1.29 bits per heavy atom. The number of ether oxygens (including phenoxy) is 1. The van der Waals surface area contributed by atoms with Crippen molar-refractivity contribution in [2.75, 3.05) is 19.7 Å². The molecule has 9 nitrogen and oxygen atoms in total. The van der Waals surface area contributed by atoms with Crippen LogP contribution in [0.5, 0.6) is 0 Å². The van der Waals surface area contributed by atoms with Gasteiger partial charge in [0.15, 0.2) is 0 Å². The zero-order valence-corrected chi connectivity index (χ0v) is 17.2. The molecule has 9 heteroatoms. The second-order valence-electron chi connectivity index (χ2n) is 7.54. The first-order valence-corrected chi connectivity index (χ1v) is 10.3. The maximum Gasteiger partial charge on any atom is 0.331 e. The predicted octanol–water partition coefficient (Wildman–Crippen LogP) is 1.42. The fourth-order valence-corrected chi connectivity index (χ4v) is 3.90. The largest absolute Gasteiger partial charge is 0.376 e. The van der Waals surface area contributed by atoms with Crippen molar-refractivity contribution >= 4 is 40.7 Å². The Balaban J connectivity index is 1.60. The number of fused-ring (bicyclic) bond motifs is 1. The summed E-state index contributed by atoms with van der Waals surface area (Å²) in [5, 5.41) is 5.88. The lowest BCUT2D eigenvalue weighted by atomic mass is 10.1. The smallest absolute Gasteiger partial charge is 0.331 e. The highest BCUT2D eigenvalue weighted by Gasteiger charge is 2.34. The zero-order chi connectivity index (χ0) is 22.0. The predicted molar refractivity (Wildman–Crippen MR) is 113 cm³/mol. The van der Waals surface area contributed by atoms with Crippen LogP contribution in [0.3, 0.4) is 0 Å². The lowest BCUT2D eigenvalue weighted by molar-refractivity contribution is -0.130. The van der Waals surface area contributed by atoms with Crippen LogP contribution < -0.4 is 10.6 Å². The summed E-state index contributed by atoms with van der Waals surface area (Å²) < 4.78 is 7.31. The Labute approximate surface area is 179 Å². The van der Waals surface area contributed by atoms with Crippen LogP contribution in [0.1, 0.15) is 25.3 Å². The number of aromatic nitrogens is 1. The van der Waals surface area contributed by atoms with Crippen LogP contribution in [-0.2, 0) is 25.7 Å². The molecule has 0 spiro atoms. The molecule has 2 aromatic rings. The van der Waals surface area contributed by atoms with Crippen LogP contribution in [0.25, 0.3) is 17.0 Å². The number of nitrogens with zero attached hydrogens (tertiary/aromatic N) is 2. The molecular formula is C22H24N4O5. The molecule has 0 bridgehead atoms. The van der Waals surface area contributed by atoms with E-state index in [4.69, 9.17) is 4.74 Å². The van der Waals surface area contributed by atoms with E-state index in [1.54, 1.807) is 17.7 Å². The van der Waals surface area contributed by atoms with E-state index in [1.807, 2.05) is 24.3 Å². The fraction of sp³-hybridized carbons (Fsp3) is 0.364. The van der Waals surface area contributed by atoms with E-state index < -0.39 is 17.8 Å². The molecule has 2 saturated heterocycles. The fourth-order valence-electron chi connectivity index (χ4n) is 3.90. The number of amides is 5. The van der Waals surface area contributed by atoms with Crippen molar-refractivity contribution in [3.8, 4) is 0 Å². The van der Waals surface area contributed by atoms with Gasteiger partial charge in [-0.25, -0.2) is 4.79 Å². The second kappa shape index (κ2) is 8.73. The van der Waals surface area contributed by atoms with Gasteiger partial charge in [0.2, 0.25) is 5.91 Å². The summed E-state index contributed by atoms with van der Waals surface area (Å²) in [7, 11) is 0. The average Bonchev–Trinajstić information content (AvgIpc) is 3.38. The highest BCUT2D eigenvalue weighted by molar-refractivity contribution is 6.31. The lowest BCUT2D eigenvalue weighted by Gasteiger charge is -2.24. The third-order valence-electron chi connectivity index (χ3n) is 5.49. The van der Waals surface area contributed by atoms with Crippen LogP contribution in [0, 0.1) is 0 Å². The Morgan fingerprint density at radius 3 is 2.84 bits per heavy atom. The molecule has 3 heterocycles. The van der Waals surface area contributed by atoms with Crippen molar-refractivity contribution in [2.45, 2.75) is 32.4 Å².